The van der Waals surface area contributed by atoms with Gasteiger partial charge < -0.3 is 20.9 Å². The van der Waals surface area contributed by atoms with Crippen molar-refractivity contribution in [2.45, 2.75) is 57.3 Å². The summed E-state index contributed by atoms with van der Waals surface area (Å²) in [5, 5.41) is 9.58. The third-order valence-corrected chi connectivity index (χ3v) is 8.87. The summed E-state index contributed by atoms with van der Waals surface area (Å²) in [5.41, 5.74) is 4.79. The fourth-order valence-corrected chi connectivity index (χ4v) is 6.12. The maximum Gasteiger partial charge on any atom is 0.270 e. The van der Waals surface area contributed by atoms with Crippen LogP contribution < -0.4 is 16.0 Å². The van der Waals surface area contributed by atoms with Gasteiger partial charge in [0, 0.05) is 18.4 Å². The van der Waals surface area contributed by atoms with Crippen LogP contribution in [0.2, 0.25) is 0 Å². The molecule has 2 fully saturated rings. The molecule has 0 bridgehead atoms. The van der Waals surface area contributed by atoms with Gasteiger partial charge in [0.05, 0.1) is 24.6 Å². The molecule has 1 saturated carbocycles. The third-order valence-electron chi connectivity index (χ3n) is 8.87. The highest BCUT2D eigenvalue weighted by Gasteiger charge is 2.40. The van der Waals surface area contributed by atoms with Crippen LogP contribution in [0.1, 0.15) is 72.2 Å². The quantitative estimate of drug-likeness (QED) is 0.306. The molecule has 240 valence electrons. The molecule has 3 amide bonds. The second-order valence-electron chi connectivity index (χ2n) is 12.4. The molecule has 0 spiro atoms. The molecule has 1 saturated heterocycles. The largest absolute Gasteiger partial charge is 0.348 e. The van der Waals surface area contributed by atoms with Gasteiger partial charge in [0.1, 0.15) is 23.7 Å². The molecule has 10 heteroatoms. The zero-order valence-corrected chi connectivity index (χ0v) is 25.9. The van der Waals surface area contributed by atoms with E-state index in [4.69, 9.17) is 0 Å². The molecule has 1 aromatic heterocycles. The molecule has 0 unspecified atom stereocenters. The SMILES string of the molecule is C[C@H](NC(=O)[C@@H]1C[C@@H](F)CN1C(=O)CNC(=O)c1ccc2cc(F)ccc2n1)c1cc(C2=CCCCNC2)ccc1/C=C/C1CC1. The topological polar surface area (TPSA) is 103 Å². The molecule has 3 atom stereocenters. The molecule has 3 aromatic rings. The molecule has 46 heavy (non-hydrogen) atoms. The lowest BCUT2D eigenvalue weighted by molar-refractivity contribution is -0.138. The third kappa shape index (κ3) is 7.50. The van der Waals surface area contributed by atoms with E-state index >= 15 is 0 Å². The van der Waals surface area contributed by atoms with Crippen molar-refractivity contribution in [1.82, 2.24) is 25.8 Å². The minimum Gasteiger partial charge on any atom is -0.348 e. The molecule has 3 aliphatic rings. The second-order valence-corrected chi connectivity index (χ2v) is 12.4. The van der Waals surface area contributed by atoms with E-state index in [0.29, 0.717) is 16.8 Å². The Bertz CT molecular complexity index is 1700. The number of fused-ring (bicyclic) bond motifs is 1. The first-order valence-corrected chi connectivity index (χ1v) is 16.1. The number of aromatic nitrogens is 1. The van der Waals surface area contributed by atoms with E-state index in [-0.39, 0.29) is 18.7 Å². The molecule has 3 N–H and O–H groups in total. The zero-order valence-electron chi connectivity index (χ0n) is 25.9. The van der Waals surface area contributed by atoms with Crippen LogP contribution in [0.25, 0.3) is 22.6 Å². The molecule has 3 heterocycles. The summed E-state index contributed by atoms with van der Waals surface area (Å²) in [4.78, 5) is 45.0. The number of halogens is 2. The normalized spacial score (nSPS) is 20.8. The van der Waals surface area contributed by atoms with Crippen molar-refractivity contribution in [2.75, 3.05) is 26.2 Å². The summed E-state index contributed by atoms with van der Waals surface area (Å²) < 4.78 is 28.2. The fraction of sp³-hybridized carbons (Fsp3) is 0.389. The van der Waals surface area contributed by atoms with Gasteiger partial charge in [-0.3, -0.25) is 14.4 Å². The van der Waals surface area contributed by atoms with Crippen LogP contribution in [0, 0.1) is 11.7 Å². The number of hydrogen-bond acceptors (Lipinski definition) is 5. The number of amides is 3. The van der Waals surface area contributed by atoms with E-state index in [2.05, 4.69) is 57.4 Å². The molecular weight excluding hydrogens is 588 g/mol. The Labute approximate surface area is 267 Å². The van der Waals surface area contributed by atoms with Gasteiger partial charge in [-0.05, 0) is 97.7 Å². The highest BCUT2D eigenvalue weighted by Crippen LogP contribution is 2.33. The lowest BCUT2D eigenvalue weighted by atomic mass is 9.94. The van der Waals surface area contributed by atoms with Gasteiger partial charge in [0.2, 0.25) is 11.8 Å². The molecule has 6 rings (SSSR count). The highest BCUT2D eigenvalue weighted by molar-refractivity contribution is 5.97. The Balaban J connectivity index is 1.13. The van der Waals surface area contributed by atoms with E-state index in [0.717, 1.165) is 42.6 Å². The zero-order chi connectivity index (χ0) is 32.2. The number of carbonyl (C=O) groups excluding carboxylic acids is 3. The molecular formula is C36H39F2N5O3. The summed E-state index contributed by atoms with van der Waals surface area (Å²) >= 11 is 0. The Morgan fingerprint density at radius 2 is 1.98 bits per heavy atom. The van der Waals surface area contributed by atoms with Crippen molar-refractivity contribution in [2.24, 2.45) is 5.92 Å². The maximum atomic E-state index is 14.7. The Hall–Kier alpha value is -4.44. The Morgan fingerprint density at radius 1 is 1.13 bits per heavy atom. The van der Waals surface area contributed by atoms with Crippen LogP contribution >= 0.6 is 0 Å². The van der Waals surface area contributed by atoms with Crippen molar-refractivity contribution in [3.05, 3.63) is 88.9 Å². The summed E-state index contributed by atoms with van der Waals surface area (Å²) in [6.07, 6.45) is 9.59. The van der Waals surface area contributed by atoms with Crippen molar-refractivity contribution in [1.29, 1.82) is 0 Å². The van der Waals surface area contributed by atoms with Gasteiger partial charge in [0.15, 0.2) is 0 Å². The fourth-order valence-electron chi connectivity index (χ4n) is 6.12. The van der Waals surface area contributed by atoms with Crippen LogP contribution in [0.4, 0.5) is 8.78 Å². The molecule has 2 aromatic carbocycles. The second kappa shape index (κ2) is 13.9. The van der Waals surface area contributed by atoms with Gasteiger partial charge >= 0.3 is 0 Å². The minimum absolute atomic E-state index is 0.0592. The van der Waals surface area contributed by atoms with Crippen LogP contribution in [0.5, 0.6) is 0 Å². The van der Waals surface area contributed by atoms with Gasteiger partial charge in [-0.1, -0.05) is 36.4 Å². The molecule has 1 aliphatic carbocycles. The number of benzene rings is 2. The van der Waals surface area contributed by atoms with Crippen molar-refractivity contribution in [3.63, 3.8) is 0 Å². The lowest BCUT2D eigenvalue weighted by Gasteiger charge is -2.26. The first-order chi connectivity index (χ1) is 22.2. The van der Waals surface area contributed by atoms with Crippen molar-refractivity contribution >= 4 is 40.3 Å². The first kappa shape index (κ1) is 31.5. The minimum atomic E-state index is -1.36. The molecule has 8 nitrogen and oxygen atoms in total. The van der Waals surface area contributed by atoms with E-state index in [9.17, 15) is 23.2 Å². The average Bonchev–Trinajstić information content (AvgIpc) is 3.85. The standard InChI is InChI=1S/C36H39F2N5O3/c1-22(30-17-25(27-4-2-3-15-39-19-27)10-9-24(30)8-7-23-5-6-23)41-36(46)33-18-29(38)21-43(33)34(44)20-40-35(45)32-13-11-26-16-28(37)12-14-31(26)42-32/h4,7-14,16-17,22-23,29,33,39H,2-3,5-6,15,18-21H2,1H3,(H,40,45)(H,41,46)/b8-7+/t22-,29+,33-/m0/s1. The summed E-state index contributed by atoms with van der Waals surface area (Å²) in [6.45, 7) is 3.01. The average molecular weight is 628 g/mol. The van der Waals surface area contributed by atoms with Gasteiger partial charge in [-0.15, -0.1) is 0 Å². The summed E-state index contributed by atoms with van der Waals surface area (Å²) in [6, 6.07) is 12.0. The summed E-state index contributed by atoms with van der Waals surface area (Å²) in [7, 11) is 0. The van der Waals surface area contributed by atoms with Crippen LogP contribution in [-0.4, -0.2) is 66.0 Å². The van der Waals surface area contributed by atoms with E-state index in [1.807, 2.05) is 6.92 Å². The number of pyridine rings is 1. The van der Waals surface area contributed by atoms with Crippen LogP contribution in [0.15, 0.2) is 60.7 Å². The number of hydrogen-bond donors (Lipinski definition) is 3. The summed E-state index contributed by atoms with van der Waals surface area (Å²) in [5.74, 6) is -1.42. The van der Waals surface area contributed by atoms with Gasteiger partial charge in [-0.25, -0.2) is 13.8 Å². The molecule has 2 aliphatic heterocycles. The number of likely N-dealkylation sites (tertiary alicyclic amines) is 1. The van der Waals surface area contributed by atoms with E-state index < -0.39 is 48.3 Å². The number of allylic oxidation sites excluding steroid dienone is 2. The smallest absolute Gasteiger partial charge is 0.270 e. The maximum absolute atomic E-state index is 14.7. The van der Waals surface area contributed by atoms with Crippen molar-refractivity contribution in [3.8, 4) is 0 Å². The predicted molar refractivity (Wildman–Crippen MR) is 174 cm³/mol. The molecule has 0 radical (unpaired) electrons. The first-order valence-electron chi connectivity index (χ1n) is 16.1. The van der Waals surface area contributed by atoms with E-state index in [1.54, 1.807) is 6.07 Å². The number of alkyl halides is 1. The van der Waals surface area contributed by atoms with Crippen LogP contribution in [-0.2, 0) is 9.59 Å². The highest BCUT2D eigenvalue weighted by atomic mass is 19.1. The lowest BCUT2D eigenvalue weighted by Crippen LogP contribution is -2.49. The van der Waals surface area contributed by atoms with Gasteiger partial charge in [-0.2, -0.15) is 0 Å². The number of rotatable bonds is 9. The monoisotopic (exact) mass is 627 g/mol. The van der Waals surface area contributed by atoms with Gasteiger partial charge in [0.25, 0.3) is 5.91 Å². The number of nitrogens with zero attached hydrogens (tertiary/aromatic N) is 2. The number of nitrogens with one attached hydrogen (secondary N) is 3. The predicted octanol–water partition coefficient (Wildman–Crippen LogP) is 5.11. The van der Waals surface area contributed by atoms with Crippen LogP contribution in [0.3, 0.4) is 0 Å². The van der Waals surface area contributed by atoms with E-state index in [1.165, 1.54) is 47.6 Å². The van der Waals surface area contributed by atoms with Crippen molar-refractivity contribution < 1.29 is 23.2 Å². The number of carbonyl (C=O) groups is 3. The Kier molecular flexibility index (Phi) is 9.53. The Morgan fingerprint density at radius 3 is 2.80 bits per heavy atom.